The number of nitrogens with two attached hydrogens (primary N) is 1. The second-order valence-corrected chi connectivity index (χ2v) is 7.74. The molecule has 1 fully saturated rings. The molecule has 4 N–H and O–H groups in total. The topological polar surface area (TPSA) is 109 Å². The van der Waals surface area contributed by atoms with E-state index in [0.717, 1.165) is 48.2 Å². The maximum absolute atomic E-state index is 11.1. The first-order valence-corrected chi connectivity index (χ1v) is 9.82. The number of aliphatic hydroxyl groups is 1. The summed E-state index contributed by atoms with van der Waals surface area (Å²) in [7, 11) is 2.08. The lowest BCUT2D eigenvalue weighted by Gasteiger charge is -2.37. The Balaban J connectivity index is 1.49. The molecular formula is C21H26N6O2. The van der Waals surface area contributed by atoms with Gasteiger partial charge in [0.2, 0.25) is 11.9 Å². The number of hydrogen-bond donors (Lipinski definition) is 3. The minimum absolute atomic E-state index is 0.261. The quantitative estimate of drug-likeness (QED) is 0.590. The van der Waals surface area contributed by atoms with Crippen LogP contribution in [-0.2, 0) is 16.9 Å². The van der Waals surface area contributed by atoms with Gasteiger partial charge in [-0.05, 0) is 43.7 Å². The lowest BCUT2D eigenvalue weighted by molar-refractivity contribution is -0.118. The average Bonchev–Trinajstić information content (AvgIpc) is 3.11. The van der Waals surface area contributed by atoms with Crippen molar-refractivity contribution in [2.24, 2.45) is 5.73 Å². The summed E-state index contributed by atoms with van der Waals surface area (Å²) in [5, 5.41) is 15.1. The maximum Gasteiger partial charge on any atom is 0.229 e. The van der Waals surface area contributed by atoms with Gasteiger partial charge in [-0.1, -0.05) is 12.1 Å². The third-order valence-corrected chi connectivity index (χ3v) is 5.59. The molecule has 2 aromatic heterocycles. The number of nitrogens with one attached hydrogen (secondary N) is 1. The number of rotatable bonds is 6. The molecule has 1 amide bonds. The van der Waals surface area contributed by atoms with Crippen molar-refractivity contribution in [2.75, 3.05) is 25.5 Å². The van der Waals surface area contributed by atoms with E-state index in [-0.39, 0.29) is 12.3 Å². The molecule has 1 aliphatic heterocycles. The minimum Gasteiger partial charge on any atom is -0.385 e. The Hall–Kier alpha value is -2.97. The Kier molecular flexibility index (Phi) is 5.21. The fourth-order valence-electron chi connectivity index (χ4n) is 3.71. The number of nitrogens with zero attached hydrogens (tertiary/aromatic N) is 4. The van der Waals surface area contributed by atoms with Gasteiger partial charge in [-0.15, -0.1) is 0 Å². The smallest absolute Gasteiger partial charge is 0.229 e. The van der Waals surface area contributed by atoms with Crippen LogP contribution in [0.3, 0.4) is 0 Å². The third kappa shape index (κ3) is 4.23. The number of primary amides is 1. The molecular weight excluding hydrogens is 368 g/mol. The number of likely N-dealkylation sites (tertiary alicyclic amines) is 1. The number of aromatic nitrogens is 3. The van der Waals surface area contributed by atoms with Crippen molar-refractivity contribution in [2.45, 2.75) is 31.4 Å². The van der Waals surface area contributed by atoms with E-state index in [0.29, 0.717) is 12.5 Å². The van der Waals surface area contributed by atoms with Gasteiger partial charge >= 0.3 is 0 Å². The van der Waals surface area contributed by atoms with Gasteiger partial charge in [0, 0.05) is 49.5 Å². The number of hydrogen-bond acceptors (Lipinski definition) is 6. The predicted octanol–water partition coefficient (Wildman–Crippen LogP) is 1.96. The molecule has 0 aliphatic carbocycles. The molecule has 0 spiro atoms. The first kappa shape index (κ1) is 19.4. The Bertz CT molecular complexity index is 1010. The number of fused-ring (bicyclic) bond motifs is 1. The first-order valence-electron chi connectivity index (χ1n) is 9.82. The zero-order chi connectivity index (χ0) is 20.4. The highest BCUT2D eigenvalue weighted by Gasteiger charge is 2.32. The van der Waals surface area contributed by atoms with E-state index in [4.69, 9.17) is 5.73 Å². The zero-order valence-electron chi connectivity index (χ0n) is 16.5. The summed E-state index contributed by atoms with van der Waals surface area (Å²) in [4.78, 5) is 22.2. The van der Waals surface area contributed by atoms with Crippen LogP contribution in [0.15, 0.2) is 42.7 Å². The third-order valence-electron chi connectivity index (χ3n) is 5.59. The van der Waals surface area contributed by atoms with Crippen molar-refractivity contribution in [3.05, 3.63) is 48.3 Å². The SMILES string of the molecule is CN1CCC(O)(c2ccc(Nc3ncc4ccn(CCC(N)=O)c4n3)cc2)CC1. The molecule has 1 aliphatic rings. The Morgan fingerprint density at radius 1 is 1.24 bits per heavy atom. The van der Waals surface area contributed by atoms with Crippen molar-refractivity contribution in [1.82, 2.24) is 19.4 Å². The number of carbonyl (C=O) groups excluding carboxylic acids is 1. The van der Waals surface area contributed by atoms with Crippen LogP contribution in [-0.4, -0.2) is 50.6 Å². The van der Waals surface area contributed by atoms with Crippen LogP contribution in [0.25, 0.3) is 11.0 Å². The van der Waals surface area contributed by atoms with Crippen LogP contribution in [0.1, 0.15) is 24.8 Å². The number of amides is 1. The second kappa shape index (κ2) is 7.81. The number of anilines is 2. The van der Waals surface area contributed by atoms with Gasteiger partial charge in [-0.3, -0.25) is 4.79 Å². The van der Waals surface area contributed by atoms with E-state index in [1.165, 1.54) is 0 Å². The van der Waals surface area contributed by atoms with Gasteiger partial charge < -0.3 is 25.6 Å². The number of piperidine rings is 1. The molecule has 152 valence electrons. The van der Waals surface area contributed by atoms with Gasteiger partial charge in [0.1, 0.15) is 5.65 Å². The molecule has 3 aromatic rings. The van der Waals surface area contributed by atoms with Crippen LogP contribution < -0.4 is 11.1 Å². The predicted molar refractivity (Wildman–Crippen MR) is 112 cm³/mol. The largest absolute Gasteiger partial charge is 0.385 e. The molecule has 4 rings (SSSR count). The molecule has 1 saturated heterocycles. The normalized spacial score (nSPS) is 16.8. The van der Waals surface area contributed by atoms with E-state index in [9.17, 15) is 9.90 Å². The molecule has 0 saturated carbocycles. The highest BCUT2D eigenvalue weighted by molar-refractivity contribution is 5.77. The van der Waals surface area contributed by atoms with Crippen LogP contribution in [0.5, 0.6) is 0 Å². The summed E-state index contributed by atoms with van der Waals surface area (Å²) in [5.41, 5.74) is 7.02. The summed E-state index contributed by atoms with van der Waals surface area (Å²) in [6.45, 7) is 2.26. The molecule has 8 nitrogen and oxygen atoms in total. The van der Waals surface area contributed by atoms with Gasteiger partial charge in [0.25, 0.3) is 0 Å². The van der Waals surface area contributed by atoms with Crippen molar-refractivity contribution in [1.29, 1.82) is 0 Å². The van der Waals surface area contributed by atoms with Gasteiger partial charge in [-0.25, -0.2) is 4.98 Å². The standard InChI is InChI=1S/C21H26N6O2/c1-26-12-8-21(29,9-13-26)16-2-4-17(5-3-16)24-20-23-14-15-6-10-27(19(15)25-20)11-7-18(22)28/h2-6,10,14,29H,7-9,11-13H2,1H3,(H2,22,28)(H,23,24,25). The lowest BCUT2D eigenvalue weighted by atomic mass is 9.84. The van der Waals surface area contributed by atoms with E-state index >= 15 is 0 Å². The van der Waals surface area contributed by atoms with Crippen molar-refractivity contribution in [3.63, 3.8) is 0 Å². The molecule has 8 heteroatoms. The summed E-state index contributed by atoms with van der Waals surface area (Å²) in [6.07, 6.45) is 5.36. The number of benzene rings is 1. The summed E-state index contributed by atoms with van der Waals surface area (Å²) in [6, 6.07) is 9.71. The fraction of sp³-hybridized carbons (Fsp3) is 0.381. The summed E-state index contributed by atoms with van der Waals surface area (Å²) in [5.74, 6) is 0.132. The zero-order valence-corrected chi connectivity index (χ0v) is 16.5. The lowest BCUT2D eigenvalue weighted by Crippen LogP contribution is -2.40. The number of aryl methyl sites for hydroxylation is 1. The van der Waals surface area contributed by atoms with Crippen LogP contribution in [0.2, 0.25) is 0 Å². The molecule has 0 unspecified atom stereocenters. The van der Waals surface area contributed by atoms with E-state index in [2.05, 4.69) is 27.2 Å². The fourth-order valence-corrected chi connectivity index (χ4v) is 3.71. The Morgan fingerprint density at radius 3 is 2.66 bits per heavy atom. The number of carbonyl (C=O) groups is 1. The molecule has 3 heterocycles. The monoisotopic (exact) mass is 394 g/mol. The van der Waals surface area contributed by atoms with E-state index < -0.39 is 5.60 Å². The maximum atomic E-state index is 11.1. The molecule has 0 radical (unpaired) electrons. The average molecular weight is 394 g/mol. The Morgan fingerprint density at radius 2 is 1.97 bits per heavy atom. The minimum atomic E-state index is -0.762. The van der Waals surface area contributed by atoms with Gasteiger partial charge in [-0.2, -0.15) is 4.98 Å². The highest BCUT2D eigenvalue weighted by atomic mass is 16.3. The highest BCUT2D eigenvalue weighted by Crippen LogP contribution is 2.33. The molecule has 0 atom stereocenters. The Labute approximate surface area is 169 Å². The summed E-state index contributed by atoms with van der Waals surface area (Å²) < 4.78 is 1.89. The van der Waals surface area contributed by atoms with E-state index in [1.54, 1.807) is 6.20 Å². The van der Waals surface area contributed by atoms with Gasteiger partial charge in [0.15, 0.2) is 0 Å². The summed E-state index contributed by atoms with van der Waals surface area (Å²) >= 11 is 0. The van der Waals surface area contributed by atoms with Crippen molar-refractivity contribution < 1.29 is 9.90 Å². The van der Waals surface area contributed by atoms with Crippen molar-refractivity contribution >= 4 is 28.6 Å². The van der Waals surface area contributed by atoms with Gasteiger partial charge in [0.05, 0.1) is 5.60 Å². The second-order valence-electron chi connectivity index (χ2n) is 7.74. The molecule has 29 heavy (non-hydrogen) atoms. The van der Waals surface area contributed by atoms with Crippen LogP contribution in [0.4, 0.5) is 11.6 Å². The van der Waals surface area contributed by atoms with Crippen LogP contribution in [0, 0.1) is 0 Å². The van der Waals surface area contributed by atoms with Crippen molar-refractivity contribution in [3.8, 4) is 0 Å². The molecule has 0 bridgehead atoms. The van der Waals surface area contributed by atoms with Crippen LogP contribution >= 0.6 is 0 Å². The first-order chi connectivity index (χ1) is 13.9. The molecule has 1 aromatic carbocycles. The van der Waals surface area contributed by atoms with E-state index in [1.807, 2.05) is 41.1 Å².